The number of aryl methyl sites for hydroxylation is 1. The summed E-state index contributed by atoms with van der Waals surface area (Å²) in [6.45, 7) is 7.58. The van der Waals surface area contributed by atoms with Crippen molar-refractivity contribution in [3.63, 3.8) is 0 Å². The van der Waals surface area contributed by atoms with Crippen molar-refractivity contribution in [2.24, 2.45) is 5.92 Å². The van der Waals surface area contributed by atoms with E-state index in [0.717, 1.165) is 6.54 Å². The highest BCUT2D eigenvalue weighted by Gasteiger charge is 2.35. The standard InChI is InChI=1S/C24H27N/c1-19(2)18-25-24(21-10-6-4-7-11-21,22-12-8-5-9-13-22)23-16-14-20(3)15-17-23/h4-17,19,25H,18H2,1-3H3. The van der Waals surface area contributed by atoms with Crippen molar-refractivity contribution in [2.75, 3.05) is 6.54 Å². The van der Waals surface area contributed by atoms with E-state index in [2.05, 4.69) is 111 Å². The number of benzene rings is 3. The van der Waals surface area contributed by atoms with Gasteiger partial charge in [0.2, 0.25) is 0 Å². The van der Waals surface area contributed by atoms with Crippen LogP contribution in [0, 0.1) is 12.8 Å². The van der Waals surface area contributed by atoms with Crippen molar-refractivity contribution in [1.82, 2.24) is 5.32 Å². The zero-order chi connectivity index (χ0) is 17.7. The van der Waals surface area contributed by atoms with Crippen LogP contribution >= 0.6 is 0 Å². The molecule has 0 heterocycles. The Kier molecular flexibility index (Phi) is 5.35. The van der Waals surface area contributed by atoms with Crippen molar-refractivity contribution < 1.29 is 0 Å². The molecule has 0 aromatic heterocycles. The average Bonchev–Trinajstić information content (AvgIpc) is 2.65. The Morgan fingerprint density at radius 1 is 0.680 bits per heavy atom. The zero-order valence-corrected chi connectivity index (χ0v) is 15.4. The number of hydrogen-bond donors (Lipinski definition) is 1. The lowest BCUT2D eigenvalue weighted by molar-refractivity contribution is 0.428. The number of hydrogen-bond acceptors (Lipinski definition) is 1. The molecule has 0 aliphatic heterocycles. The molecular formula is C24H27N. The van der Waals surface area contributed by atoms with E-state index in [1.165, 1.54) is 22.3 Å². The second-order valence-corrected chi connectivity index (χ2v) is 7.12. The summed E-state index contributed by atoms with van der Waals surface area (Å²) >= 11 is 0. The van der Waals surface area contributed by atoms with E-state index in [4.69, 9.17) is 0 Å². The molecular weight excluding hydrogens is 302 g/mol. The van der Waals surface area contributed by atoms with Gasteiger partial charge in [0.1, 0.15) is 0 Å². The molecule has 128 valence electrons. The normalized spacial score (nSPS) is 11.7. The molecule has 0 radical (unpaired) electrons. The number of nitrogens with one attached hydrogen (secondary N) is 1. The summed E-state index contributed by atoms with van der Waals surface area (Å²) in [5.41, 5.74) is 4.75. The molecule has 0 atom stereocenters. The predicted molar refractivity (Wildman–Crippen MR) is 107 cm³/mol. The molecule has 0 amide bonds. The van der Waals surface area contributed by atoms with E-state index in [-0.39, 0.29) is 5.54 Å². The van der Waals surface area contributed by atoms with Gasteiger partial charge in [-0.15, -0.1) is 0 Å². The second kappa shape index (κ2) is 7.67. The van der Waals surface area contributed by atoms with Gasteiger partial charge in [0, 0.05) is 0 Å². The van der Waals surface area contributed by atoms with E-state index >= 15 is 0 Å². The highest BCUT2D eigenvalue weighted by atomic mass is 15.0. The highest BCUT2D eigenvalue weighted by Crippen LogP contribution is 2.37. The fourth-order valence-corrected chi connectivity index (χ4v) is 3.34. The first-order chi connectivity index (χ1) is 12.1. The van der Waals surface area contributed by atoms with Gasteiger partial charge in [-0.1, -0.05) is 104 Å². The lowest BCUT2D eigenvalue weighted by Gasteiger charge is -2.38. The van der Waals surface area contributed by atoms with Crippen molar-refractivity contribution in [1.29, 1.82) is 0 Å². The van der Waals surface area contributed by atoms with Crippen molar-refractivity contribution in [3.8, 4) is 0 Å². The van der Waals surface area contributed by atoms with E-state index in [1.807, 2.05) is 0 Å². The van der Waals surface area contributed by atoms with Crippen molar-refractivity contribution in [3.05, 3.63) is 107 Å². The molecule has 0 saturated carbocycles. The van der Waals surface area contributed by atoms with E-state index < -0.39 is 0 Å². The first-order valence-electron chi connectivity index (χ1n) is 9.06. The van der Waals surface area contributed by atoms with Crippen LogP contribution < -0.4 is 5.32 Å². The maximum absolute atomic E-state index is 3.90. The molecule has 0 fully saturated rings. The maximum Gasteiger partial charge on any atom is 0.0948 e. The molecule has 0 saturated heterocycles. The van der Waals surface area contributed by atoms with Crippen LogP contribution in [0.4, 0.5) is 0 Å². The molecule has 1 nitrogen and oxygen atoms in total. The SMILES string of the molecule is Cc1ccc(C(NCC(C)C)(c2ccccc2)c2ccccc2)cc1. The minimum Gasteiger partial charge on any atom is -0.300 e. The lowest BCUT2D eigenvalue weighted by Crippen LogP contribution is -2.46. The first-order valence-corrected chi connectivity index (χ1v) is 9.06. The van der Waals surface area contributed by atoms with Crippen LogP contribution in [0.2, 0.25) is 0 Å². The van der Waals surface area contributed by atoms with Crippen LogP contribution in [0.15, 0.2) is 84.9 Å². The predicted octanol–water partition coefficient (Wildman–Crippen LogP) is 5.53. The van der Waals surface area contributed by atoms with Gasteiger partial charge in [-0.25, -0.2) is 0 Å². The molecule has 3 aromatic carbocycles. The zero-order valence-electron chi connectivity index (χ0n) is 15.4. The Hall–Kier alpha value is -2.38. The molecule has 3 rings (SSSR count). The Bertz CT molecular complexity index is 734. The molecule has 0 unspecified atom stereocenters. The highest BCUT2D eigenvalue weighted by molar-refractivity contribution is 5.49. The summed E-state index contributed by atoms with van der Waals surface area (Å²) in [5, 5.41) is 3.90. The summed E-state index contributed by atoms with van der Waals surface area (Å²) in [6.07, 6.45) is 0. The summed E-state index contributed by atoms with van der Waals surface area (Å²) in [4.78, 5) is 0. The van der Waals surface area contributed by atoms with Crippen LogP contribution in [0.1, 0.15) is 36.1 Å². The Labute approximate surface area is 151 Å². The molecule has 1 heteroatoms. The van der Waals surface area contributed by atoms with Gasteiger partial charge in [-0.3, -0.25) is 5.32 Å². The molecule has 3 aromatic rings. The van der Waals surface area contributed by atoms with E-state index in [0.29, 0.717) is 5.92 Å². The quantitative estimate of drug-likeness (QED) is 0.586. The van der Waals surface area contributed by atoms with Gasteiger partial charge in [0.25, 0.3) is 0 Å². The molecule has 25 heavy (non-hydrogen) atoms. The third kappa shape index (κ3) is 3.67. The Morgan fingerprint density at radius 2 is 1.12 bits per heavy atom. The van der Waals surface area contributed by atoms with E-state index in [9.17, 15) is 0 Å². The maximum atomic E-state index is 3.90. The van der Waals surface area contributed by atoms with E-state index in [1.54, 1.807) is 0 Å². The summed E-state index contributed by atoms with van der Waals surface area (Å²) in [5.74, 6) is 0.567. The average molecular weight is 329 g/mol. The van der Waals surface area contributed by atoms with Crippen molar-refractivity contribution in [2.45, 2.75) is 26.3 Å². The molecule has 0 aliphatic rings. The third-order valence-corrected chi connectivity index (χ3v) is 4.67. The van der Waals surface area contributed by atoms with Gasteiger partial charge >= 0.3 is 0 Å². The summed E-state index contributed by atoms with van der Waals surface area (Å²) in [7, 11) is 0. The minimum atomic E-state index is -0.347. The topological polar surface area (TPSA) is 12.0 Å². The largest absolute Gasteiger partial charge is 0.300 e. The van der Waals surface area contributed by atoms with Crippen LogP contribution in [0.5, 0.6) is 0 Å². The summed E-state index contributed by atoms with van der Waals surface area (Å²) in [6, 6.07) is 30.5. The second-order valence-electron chi connectivity index (χ2n) is 7.12. The van der Waals surface area contributed by atoms with Gasteiger partial charge in [0.05, 0.1) is 5.54 Å². The van der Waals surface area contributed by atoms with Crippen molar-refractivity contribution >= 4 is 0 Å². The summed E-state index contributed by atoms with van der Waals surface area (Å²) < 4.78 is 0. The minimum absolute atomic E-state index is 0.347. The molecule has 1 N–H and O–H groups in total. The molecule has 0 spiro atoms. The van der Waals surface area contributed by atoms with Crippen LogP contribution in [-0.4, -0.2) is 6.54 Å². The van der Waals surface area contributed by atoms with Gasteiger partial charge in [0.15, 0.2) is 0 Å². The lowest BCUT2D eigenvalue weighted by atomic mass is 9.76. The van der Waals surface area contributed by atoms with Crippen LogP contribution in [0.3, 0.4) is 0 Å². The molecule has 0 aliphatic carbocycles. The third-order valence-electron chi connectivity index (χ3n) is 4.67. The fraction of sp³-hybridized carbons (Fsp3) is 0.250. The van der Waals surface area contributed by atoms with Crippen LogP contribution in [0.25, 0.3) is 0 Å². The molecule has 0 bridgehead atoms. The van der Waals surface area contributed by atoms with Crippen LogP contribution in [-0.2, 0) is 5.54 Å². The van der Waals surface area contributed by atoms with Gasteiger partial charge in [-0.05, 0) is 36.1 Å². The smallest absolute Gasteiger partial charge is 0.0948 e. The Morgan fingerprint density at radius 3 is 1.56 bits per heavy atom. The fourth-order valence-electron chi connectivity index (χ4n) is 3.34. The first kappa shape index (κ1) is 17.4. The van der Waals surface area contributed by atoms with Gasteiger partial charge in [-0.2, -0.15) is 0 Å². The number of rotatable bonds is 6. The monoisotopic (exact) mass is 329 g/mol. The van der Waals surface area contributed by atoms with Gasteiger partial charge < -0.3 is 0 Å². The Balaban J connectivity index is 2.25.